The summed E-state index contributed by atoms with van der Waals surface area (Å²) in [5.74, 6) is 0.326. The van der Waals surface area contributed by atoms with Crippen LogP contribution in [0.3, 0.4) is 0 Å². The molecule has 0 saturated heterocycles. The third kappa shape index (κ3) is 5.33. The van der Waals surface area contributed by atoms with Crippen molar-refractivity contribution in [1.82, 2.24) is 9.97 Å². The number of nitrogens with one attached hydrogen (secondary N) is 2. The van der Waals surface area contributed by atoms with E-state index in [-0.39, 0.29) is 17.1 Å². The Morgan fingerprint density at radius 1 is 0.886 bits per heavy atom. The number of methoxy groups -OCH3 is 2. The molecule has 0 aliphatic rings. The highest BCUT2D eigenvalue weighted by molar-refractivity contribution is 6.07. The van der Waals surface area contributed by atoms with Gasteiger partial charge < -0.3 is 20.1 Å². The van der Waals surface area contributed by atoms with Crippen LogP contribution >= 0.6 is 0 Å². The minimum absolute atomic E-state index is 0.149. The van der Waals surface area contributed by atoms with E-state index < -0.39 is 16.5 Å². The number of carbonyl (C=O) groups excluding carboxylic acids is 1. The first-order chi connectivity index (χ1) is 17.0. The Labute approximate surface area is 200 Å². The summed E-state index contributed by atoms with van der Waals surface area (Å²) in [7, 11) is 2.75. The molecule has 0 radical (unpaired) electrons. The van der Waals surface area contributed by atoms with E-state index >= 15 is 0 Å². The average molecular weight is 471 g/mol. The molecule has 1 heterocycles. The number of carbonyl (C=O) groups is 1. The van der Waals surface area contributed by atoms with Gasteiger partial charge >= 0.3 is 0 Å². The van der Waals surface area contributed by atoms with E-state index in [0.717, 1.165) is 23.0 Å². The van der Waals surface area contributed by atoms with E-state index in [9.17, 15) is 14.9 Å². The molecule has 1 amide bonds. The molecule has 3 aromatic carbocycles. The highest BCUT2D eigenvalue weighted by Gasteiger charge is 2.24. The van der Waals surface area contributed by atoms with Crippen molar-refractivity contribution < 1.29 is 19.2 Å². The summed E-state index contributed by atoms with van der Waals surface area (Å²) in [6, 6.07) is 20.9. The van der Waals surface area contributed by atoms with Crippen molar-refractivity contribution in [2.45, 2.75) is 0 Å². The van der Waals surface area contributed by atoms with Crippen molar-refractivity contribution in [3.63, 3.8) is 0 Å². The molecule has 10 heteroatoms. The van der Waals surface area contributed by atoms with Crippen LogP contribution in [0.15, 0.2) is 79.1 Å². The van der Waals surface area contributed by atoms with E-state index in [1.165, 1.54) is 26.6 Å². The monoisotopic (exact) mass is 471 g/mol. The molecule has 35 heavy (non-hydrogen) atoms. The maximum absolute atomic E-state index is 12.8. The normalized spacial score (nSPS) is 10.3. The van der Waals surface area contributed by atoms with Crippen LogP contribution in [0.25, 0.3) is 11.3 Å². The molecular weight excluding hydrogens is 450 g/mol. The number of hydrogen-bond donors (Lipinski definition) is 2. The van der Waals surface area contributed by atoms with Gasteiger partial charge in [0.1, 0.15) is 17.7 Å². The van der Waals surface area contributed by atoms with Crippen LogP contribution in [0, 0.1) is 10.1 Å². The van der Waals surface area contributed by atoms with Crippen molar-refractivity contribution in [2.24, 2.45) is 0 Å². The predicted molar refractivity (Wildman–Crippen MR) is 131 cm³/mol. The summed E-state index contributed by atoms with van der Waals surface area (Å²) in [5, 5.41) is 17.4. The van der Waals surface area contributed by atoms with Crippen LogP contribution in [-0.4, -0.2) is 35.0 Å². The summed E-state index contributed by atoms with van der Waals surface area (Å²) in [6.07, 6.45) is 1.48. The number of hydrogen-bond acceptors (Lipinski definition) is 8. The highest BCUT2D eigenvalue weighted by atomic mass is 16.6. The van der Waals surface area contributed by atoms with Gasteiger partial charge in [-0.2, -0.15) is 0 Å². The molecule has 4 aromatic rings. The highest BCUT2D eigenvalue weighted by Crippen LogP contribution is 2.35. The number of ether oxygens (including phenoxy) is 2. The zero-order chi connectivity index (χ0) is 24.8. The largest absolute Gasteiger partial charge is 0.493 e. The maximum atomic E-state index is 12.8. The van der Waals surface area contributed by atoms with Gasteiger partial charge in [-0.1, -0.05) is 30.3 Å². The van der Waals surface area contributed by atoms with E-state index in [2.05, 4.69) is 20.6 Å². The minimum atomic E-state index is -0.651. The molecular formula is C25H21N5O5. The summed E-state index contributed by atoms with van der Waals surface area (Å²) in [4.78, 5) is 32.2. The lowest BCUT2D eigenvalue weighted by Gasteiger charge is -2.11. The van der Waals surface area contributed by atoms with Crippen molar-refractivity contribution in [2.75, 3.05) is 24.9 Å². The fraction of sp³-hybridized carbons (Fsp3) is 0.0800. The Morgan fingerprint density at radius 3 is 2.20 bits per heavy atom. The Kier molecular flexibility index (Phi) is 6.82. The number of rotatable bonds is 8. The van der Waals surface area contributed by atoms with Gasteiger partial charge in [0.15, 0.2) is 11.5 Å². The number of benzene rings is 3. The summed E-state index contributed by atoms with van der Waals surface area (Å²) in [6.45, 7) is 0. The van der Waals surface area contributed by atoms with Gasteiger partial charge in [-0.25, -0.2) is 9.97 Å². The topological polar surface area (TPSA) is 129 Å². The van der Waals surface area contributed by atoms with Crippen LogP contribution < -0.4 is 20.1 Å². The summed E-state index contributed by atoms with van der Waals surface area (Å²) < 4.78 is 10.3. The molecule has 0 saturated carbocycles. The molecule has 0 aliphatic heterocycles. The molecule has 0 fully saturated rings. The molecule has 0 bridgehead atoms. The SMILES string of the molecule is COc1cc(C(=O)Nc2ccc(Nc3cc(-c4ccccc4)ncn3)cc2)c([N+](=O)[O-])cc1OC. The average Bonchev–Trinajstić information content (AvgIpc) is 2.89. The van der Waals surface area contributed by atoms with E-state index in [1.54, 1.807) is 24.3 Å². The Balaban J connectivity index is 1.50. The Hall–Kier alpha value is -4.99. The number of nitro benzene ring substituents is 1. The molecule has 0 aliphatic carbocycles. The van der Waals surface area contributed by atoms with Gasteiger partial charge in [-0.3, -0.25) is 14.9 Å². The first kappa shape index (κ1) is 23.2. The number of amides is 1. The molecule has 4 rings (SSSR count). The first-order valence-corrected chi connectivity index (χ1v) is 10.4. The second-order valence-electron chi connectivity index (χ2n) is 7.29. The van der Waals surface area contributed by atoms with Crippen molar-refractivity contribution in [1.29, 1.82) is 0 Å². The maximum Gasteiger partial charge on any atom is 0.286 e. The zero-order valence-electron chi connectivity index (χ0n) is 18.9. The number of nitro groups is 1. The fourth-order valence-electron chi connectivity index (χ4n) is 3.38. The zero-order valence-corrected chi connectivity index (χ0v) is 18.9. The first-order valence-electron chi connectivity index (χ1n) is 10.4. The van der Waals surface area contributed by atoms with Crippen LogP contribution in [-0.2, 0) is 0 Å². The standard InChI is InChI=1S/C25H21N5O5/c1-34-22-12-19(21(30(32)33)14-23(22)35-2)25(31)29-18-10-8-17(9-11-18)28-24-13-20(26-15-27-24)16-6-4-3-5-7-16/h3-15H,1-2H3,(H,29,31)(H,26,27,28). The molecule has 10 nitrogen and oxygen atoms in total. The molecule has 0 spiro atoms. The van der Waals surface area contributed by atoms with Crippen molar-refractivity contribution in [3.05, 3.63) is 94.8 Å². The summed E-state index contributed by atoms with van der Waals surface area (Å²) >= 11 is 0. The molecule has 0 unspecified atom stereocenters. The van der Waals surface area contributed by atoms with Gasteiger partial charge in [0.25, 0.3) is 11.6 Å². The van der Waals surface area contributed by atoms with Crippen LogP contribution in [0.5, 0.6) is 11.5 Å². The Morgan fingerprint density at radius 2 is 1.54 bits per heavy atom. The van der Waals surface area contributed by atoms with Crippen LogP contribution in [0.2, 0.25) is 0 Å². The van der Waals surface area contributed by atoms with E-state index in [0.29, 0.717) is 11.5 Å². The molecule has 1 aromatic heterocycles. The number of aromatic nitrogens is 2. The summed E-state index contributed by atoms with van der Waals surface area (Å²) in [5.41, 5.74) is 2.40. The van der Waals surface area contributed by atoms with Gasteiger partial charge in [0.2, 0.25) is 0 Å². The van der Waals surface area contributed by atoms with E-state index in [1.807, 2.05) is 36.4 Å². The van der Waals surface area contributed by atoms with Gasteiger partial charge in [0.05, 0.1) is 30.9 Å². The minimum Gasteiger partial charge on any atom is -0.493 e. The lowest BCUT2D eigenvalue weighted by molar-refractivity contribution is -0.385. The molecule has 2 N–H and O–H groups in total. The van der Waals surface area contributed by atoms with Gasteiger partial charge in [0, 0.05) is 29.1 Å². The molecule has 176 valence electrons. The van der Waals surface area contributed by atoms with Crippen LogP contribution in [0.4, 0.5) is 22.9 Å². The number of anilines is 3. The van der Waals surface area contributed by atoms with Crippen LogP contribution in [0.1, 0.15) is 10.4 Å². The lowest BCUT2D eigenvalue weighted by Crippen LogP contribution is -2.14. The second-order valence-corrected chi connectivity index (χ2v) is 7.29. The van der Waals surface area contributed by atoms with Crippen molar-refractivity contribution in [3.8, 4) is 22.8 Å². The van der Waals surface area contributed by atoms with Gasteiger partial charge in [-0.05, 0) is 24.3 Å². The quantitative estimate of drug-likeness (QED) is 0.269. The van der Waals surface area contributed by atoms with Gasteiger partial charge in [-0.15, -0.1) is 0 Å². The smallest absolute Gasteiger partial charge is 0.286 e. The van der Waals surface area contributed by atoms with Crippen molar-refractivity contribution >= 4 is 28.8 Å². The van der Waals surface area contributed by atoms with E-state index in [4.69, 9.17) is 9.47 Å². The second kappa shape index (κ2) is 10.3. The third-order valence-corrected chi connectivity index (χ3v) is 5.10. The Bertz CT molecular complexity index is 1360. The fourth-order valence-corrected chi connectivity index (χ4v) is 3.38. The third-order valence-electron chi connectivity index (χ3n) is 5.10. The predicted octanol–water partition coefficient (Wildman–Crippen LogP) is 5.06. The molecule has 0 atom stereocenters. The lowest BCUT2D eigenvalue weighted by atomic mass is 10.1. The number of nitrogens with zero attached hydrogens (tertiary/aromatic N) is 3.